The number of ether oxygens (including phenoxy) is 2. The number of methoxy groups -OCH3 is 1. The van der Waals surface area contributed by atoms with E-state index in [9.17, 15) is 9.59 Å². The zero-order valence-electron chi connectivity index (χ0n) is 17.5. The molecule has 25 heavy (non-hydrogen) atoms. The fourth-order valence-electron chi connectivity index (χ4n) is 3.57. The summed E-state index contributed by atoms with van der Waals surface area (Å²) in [5.41, 5.74) is -1.77. The summed E-state index contributed by atoms with van der Waals surface area (Å²) in [7, 11) is 1.56. The highest BCUT2D eigenvalue weighted by atomic mass is 16.5. The Morgan fingerprint density at radius 3 is 1.96 bits per heavy atom. The number of hydrogen-bond donors (Lipinski definition) is 0. The Bertz CT molecular complexity index is 465. The summed E-state index contributed by atoms with van der Waals surface area (Å²) in [6, 6.07) is 0. The Morgan fingerprint density at radius 2 is 1.52 bits per heavy atom. The van der Waals surface area contributed by atoms with E-state index in [0.717, 1.165) is 12.8 Å². The van der Waals surface area contributed by atoms with E-state index in [-0.39, 0.29) is 17.7 Å². The summed E-state index contributed by atoms with van der Waals surface area (Å²) in [6.45, 7) is 13.7. The number of carbonyl (C=O) groups is 2. The zero-order chi connectivity index (χ0) is 19.5. The van der Waals surface area contributed by atoms with Crippen LogP contribution in [-0.4, -0.2) is 37.0 Å². The molecule has 1 fully saturated rings. The Morgan fingerprint density at radius 1 is 1.00 bits per heavy atom. The van der Waals surface area contributed by atoms with Crippen LogP contribution in [0.4, 0.5) is 0 Å². The highest BCUT2D eigenvalue weighted by Gasteiger charge is 2.40. The van der Waals surface area contributed by atoms with Gasteiger partial charge in [0, 0.05) is 24.5 Å². The maximum Gasteiger partial charge on any atom is 0.169 e. The summed E-state index contributed by atoms with van der Waals surface area (Å²) in [4.78, 5) is 25.5. The van der Waals surface area contributed by atoms with Gasteiger partial charge in [0.2, 0.25) is 0 Å². The van der Waals surface area contributed by atoms with E-state index in [0.29, 0.717) is 18.9 Å². The smallest absolute Gasteiger partial charge is 0.169 e. The van der Waals surface area contributed by atoms with Crippen molar-refractivity contribution in [1.82, 2.24) is 0 Å². The van der Waals surface area contributed by atoms with Gasteiger partial charge in [-0.2, -0.15) is 0 Å². The molecule has 0 spiro atoms. The first-order valence-corrected chi connectivity index (χ1v) is 9.59. The Balaban J connectivity index is 2.73. The highest BCUT2D eigenvalue weighted by molar-refractivity contribution is 5.91. The molecule has 1 atom stereocenters. The molecule has 1 rings (SSSR count). The minimum absolute atomic E-state index is 0.0608. The topological polar surface area (TPSA) is 52.6 Å². The van der Waals surface area contributed by atoms with Gasteiger partial charge in [-0.1, -0.05) is 47.5 Å². The minimum Gasteiger partial charge on any atom is -0.371 e. The number of ketones is 2. The first kappa shape index (κ1) is 22.3. The third kappa shape index (κ3) is 5.89. The van der Waals surface area contributed by atoms with Crippen LogP contribution in [0.2, 0.25) is 0 Å². The third-order valence-electron chi connectivity index (χ3n) is 5.52. The third-order valence-corrected chi connectivity index (χ3v) is 5.52. The summed E-state index contributed by atoms with van der Waals surface area (Å²) in [5, 5.41) is 0. The summed E-state index contributed by atoms with van der Waals surface area (Å²) in [6.07, 6.45) is 4.71. The molecule has 0 saturated heterocycles. The lowest BCUT2D eigenvalue weighted by Gasteiger charge is -2.33. The molecular formula is C21H38O4. The molecule has 146 valence electrons. The van der Waals surface area contributed by atoms with E-state index in [1.54, 1.807) is 21.0 Å². The molecule has 0 aliphatic heterocycles. The maximum atomic E-state index is 12.8. The molecule has 0 aromatic rings. The summed E-state index contributed by atoms with van der Waals surface area (Å²) >= 11 is 0. The van der Waals surface area contributed by atoms with E-state index in [1.165, 1.54) is 12.8 Å². The molecule has 1 aliphatic rings. The van der Waals surface area contributed by atoms with Crippen molar-refractivity contribution in [2.75, 3.05) is 13.7 Å². The molecule has 0 aromatic carbocycles. The molecule has 1 saturated carbocycles. The first-order chi connectivity index (χ1) is 11.3. The van der Waals surface area contributed by atoms with Crippen LogP contribution in [0.25, 0.3) is 0 Å². The van der Waals surface area contributed by atoms with Crippen molar-refractivity contribution in [3.63, 3.8) is 0 Å². The van der Waals surface area contributed by atoms with Crippen LogP contribution in [0.1, 0.15) is 80.6 Å². The fourth-order valence-corrected chi connectivity index (χ4v) is 3.57. The summed E-state index contributed by atoms with van der Waals surface area (Å²) < 4.78 is 11.4. The Labute approximate surface area is 154 Å². The standard InChI is InChI=1S/C21H38O4/c1-19(2,3)17(22)16(15-11-9-10-12-15)25-14-13-20(4,5)18(23)21(6,7)24-8/h15-16H,9-14H2,1-8H3. The van der Waals surface area contributed by atoms with Gasteiger partial charge < -0.3 is 9.47 Å². The van der Waals surface area contributed by atoms with Crippen LogP contribution in [-0.2, 0) is 19.1 Å². The lowest BCUT2D eigenvalue weighted by Crippen LogP contribution is -2.44. The molecule has 0 bridgehead atoms. The van der Waals surface area contributed by atoms with Crippen molar-refractivity contribution in [2.45, 2.75) is 92.3 Å². The molecule has 4 nitrogen and oxygen atoms in total. The van der Waals surface area contributed by atoms with E-state index in [2.05, 4.69) is 0 Å². The van der Waals surface area contributed by atoms with Crippen molar-refractivity contribution >= 4 is 11.6 Å². The normalized spacial score (nSPS) is 18.4. The Hall–Kier alpha value is -0.740. The van der Waals surface area contributed by atoms with Gasteiger partial charge in [0.1, 0.15) is 11.7 Å². The van der Waals surface area contributed by atoms with Gasteiger partial charge in [0.15, 0.2) is 11.6 Å². The number of hydrogen-bond acceptors (Lipinski definition) is 4. The van der Waals surface area contributed by atoms with Gasteiger partial charge in [-0.3, -0.25) is 9.59 Å². The monoisotopic (exact) mass is 354 g/mol. The molecule has 0 aromatic heterocycles. The maximum absolute atomic E-state index is 12.8. The van der Waals surface area contributed by atoms with Crippen LogP contribution in [0.15, 0.2) is 0 Å². The predicted octanol–water partition coefficient (Wildman–Crippen LogP) is 4.59. The lowest BCUT2D eigenvalue weighted by atomic mass is 9.77. The quantitative estimate of drug-likeness (QED) is 0.608. The van der Waals surface area contributed by atoms with Crippen molar-refractivity contribution in [3.8, 4) is 0 Å². The van der Waals surface area contributed by atoms with Crippen LogP contribution >= 0.6 is 0 Å². The molecule has 1 aliphatic carbocycles. The number of Topliss-reactive ketones (excluding diaryl/α,β-unsaturated/α-hetero) is 2. The average Bonchev–Trinajstić information content (AvgIpc) is 3.03. The number of carbonyl (C=O) groups excluding carboxylic acids is 2. The van der Waals surface area contributed by atoms with Crippen molar-refractivity contribution < 1.29 is 19.1 Å². The van der Waals surface area contributed by atoms with Gasteiger partial charge in [0.25, 0.3) is 0 Å². The van der Waals surface area contributed by atoms with Gasteiger partial charge in [0.05, 0.1) is 0 Å². The molecule has 0 amide bonds. The van der Waals surface area contributed by atoms with Crippen molar-refractivity contribution in [2.24, 2.45) is 16.7 Å². The van der Waals surface area contributed by atoms with Gasteiger partial charge in [-0.25, -0.2) is 0 Å². The summed E-state index contributed by atoms with van der Waals surface area (Å²) in [5.74, 6) is 0.562. The second-order valence-electron chi connectivity index (χ2n) is 9.63. The minimum atomic E-state index is -0.810. The van der Waals surface area contributed by atoms with Gasteiger partial charge in [-0.15, -0.1) is 0 Å². The van der Waals surface area contributed by atoms with E-state index in [4.69, 9.17) is 9.47 Å². The predicted molar refractivity (Wildman–Crippen MR) is 101 cm³/mol. The zero-order valence-corrected chi connectivity index (χ0v) is 17.5. The van der Waals surface area contributed by atoms with Crippen molar-refractivity contribution in [3.05, 3.63) is 0 Å². The van der Waals surface area contributed by atoms with E-state index in [1.807, 2.05) is 34.6 Å². The lowest BCUT2D eigenvalue weighted by molar-refractivity contribution is -0.149. The molecular weight excluding hydrogens is 316 g/mol. The number of rotatable bonds is 9. The molecule has 0 N–H and O–H groups in total. The van der Waals surface area contributed by atoms with E-state index < -0.39 is 16.4 Å². The largest absolute Gasteiger partial charge is 0.371 e. The fraction of sp³-hybridized carbons (Fsp3) is 0.905. The van der Waals surface area contributed by atoms with Crippen LogP contribution in [0, 0.1) is 16.7 Å². The molecule has 0 radical (unpaired) electrons. The van der Waals surface area contributed by atoms with Crippen LogP contribution < -0.4 is 0 Å². The average molecular weight is 355 g/mol. The SMILES string of the molecule is COC(C)(C)C(=O)C(C)(C)CCOC(C(=O)C(C)(C)C)C1CCCC1. The second-order valence-corrected chi connectivity index (χ2v) is 9.63. The molecule has 0 heterocycles. The van der Waals surface area contributed by atoms with Gasteiger partial charge in [-0.05, 0) is 39.0 Å². The Kier molecular flexibility index (Phi) is 7.41. The van der Waals surface area contributed by atoms with Crippen LogP contribution in [0.3, 0.4) is 0 Å². The highest BCUT2D eigenvalue weighted by Crippen LogP contribution is 2.34. The van der Waals surface area contributed by atoms with Crippen LogP contribution in [0.5, 0.6) is 0 Å². The molecule has 4 heteroatoms. The van der Waals surface area contributed by atoms with E-state index >= 15 is 0 Å². The molecule has 1 unspecified atom stereocenters. The van der Waals surface area contributed by atoms with Gasteiger partial charge >= 0.3 is 0 Å². The second kappa shape index (κ2) is 8.30. The van der Waals surface area contributed by atoms with Crippen molar-refractivity contribution in [1.29, 1.82) is 0 Å². The first-order valence-electron chi connectivity index (χ1n) is 9.59.